The minimum absolute atomic E-state index is 0.235. The number of piperidine rings is 1. The number of thiazole rings is 1. The zero-order valence-electron chi connectivity index (χ0n) is 14.8. The van der Waals surface area contributed by atoms with Crippen molar-refractivity contribution in [2.45, 2.75) is 35.3 Å². The van der Waals surface area contributed by atoms with E-state index in [4.69, 9.17) is 0 Å². The summed E-state index contributed by atoms with van der Waals surface area (Å²) in [5.41, 5.74) is 2.85. The molecule has 4 rings (SSSR count). The van der Waals surface area contributed by atoms with Gasteiger partial charge in [-0.15, -0.1) is 11.3 Å². The summed E-state index contributed by atoms with van der Waals surface area (Å²) in [6.07, 6.45) is 2.76. The summed E-state index contributed by atoms with van der Waals surface area (Å²) in [6.45, 7) is 1.47. The van der Waals surface area contributed by atoms with Crippen LogP contribution >= 0.6 is 11.3 Å². The lowest BCUT2D eigenvalue weighted by molar-refractivity contribution is 0.496. The summed E-state index contributed by atoms with van der Waals surface area (Å²) in [4.78, 5) is 4.54. The summed E-state index contributed by atoms with van der Waals surface area (Å²) in [6, 6.07) is 12.3. The number of aromatic nitrogens is 1. The third kappa shape index (κ3) is 3.90. The van der Waals surface area contributed by atoms with Gasteiger partial charge in [0.05, 0.1) is 15.5 Å². The van der Waals surface area contributed by atoms with Gasteiger partial charge in [0.15, 0.2) is 0 Å². The highest BCUT2D eigenvalue weighted by molar-refractivity contribution is 7.94. The fourth-order valence-electron chi connectivity index (χ4n) is 3.49. The van der Waals surface area contributed by atoms with Crippen LogP contribution in [0.2, 0.25) is 0 Å². The van der Waals surface area contributed by atoms with Crippen LogP contribution in [0.1, 0.15) is 24.0 Å². The molecule has 0 aliphatic carbocycles. The van der Waals surface area contributed by atoms with Crippen LogP contribution in [0.15, 0.2) is 46.8 Å². The standard InChI is InChI=1S/C20H21FN2O2S2/c21-16-8-5-14(6-9-16)4-7-15-2-1-3-18-19(15)23-20(26-18)27(24,25)17-10-12-22-13-11-17/h1-3,5-6,8-9,17,22H,4,7,10-13H2. The first kappa shape index (κ1) is 18.5. The molecule has 3 aromatic rings. The van der Waals surface area contributed by atoms with Gasteiger partial charge in [-0.05, 0) is 68.1 Å². The Bertz CT molecular complexity index is 1040. The number of nitrogens with one attached hydrogen (secondary N) is 1. The largest absolute Gasteiger partial charge is 0.317 e. The second-order valence-electron chi connectivity index (χ2n) is 6.86. The highest BCUT2D eigenvalue weighted by atomic mass is 32.2. The number of rotatable bonds is 5. The van der Waals surface area contributed by atoms with Crippen LogP contribution < -0.4 is 5.32 Å². The lowest BCUT2D eigenvalue weighted by Gasteiger charge is -2.21. The smallest absolute Gasteiger partial charge is 0.210 e. The van der Waals surface area contributed by atoms with E-state index < -0.39 is 9.84 Å². The van der Waals surface area contributed by atoms with Crippen molar-refractivity contribution < 1.29 is 12.8 Å². The van der Waals surface area contributed by atoms with E-state index in [9.17, 15) is 12.8 Å². The molecule has 0 saturated carbocycles. The van der Waals surface area contributed by atoms with E-state index in [1.807, 2.05) is 18.2 Å². The van der Waals surface area contributed by atoms with Crippen molar-refractivity contribution in [1.82, 2.24) is 10.3 Å². The van der Waals surface area contributed by atoms with Gasteiger partial charge >= 0.3 is 0 Å². The Morgan fingerprint density at radius 1 is 1.07 bits per heavy atom. The number of sulfone groups is 1. The quantitative estimate of drug-likeness (QED) is 0.704. The summed E-state index contributed by atoms with van der Waals surface area (Å²) in [5.74, 6) is -0.242. The highest BCUT2D eigenvalue weighted by Gasteiger charge is 2.31. The maximum Gasteiger partial charge on any atom is 0.210 e. The number of hydrogen-bond acceptors (Lipinski definition) is 5. The lowest BCUT2D eigenvalue weighted by atomic mass is 10.0. The zero-order chi connectivity index (χ0) is 18.9. The number of benzene rings is 2. The minimum atomic E-state index is -3.39. The van der Waals surface area contributed by atoms with Gasteiger partial charge in [-0.1, -0.05) is 24.3 Å². The Morgan fingerprint density at radius 2 is 1.81 bits per heavy atom. The molecule has 0 unspecified atom stereocenters. The Labute approximate surface area is 162 Å². The molecular formula is C20H21FN2O2S2. The van der Waals surface area contributed by atoms with Crippen LogP contribution in [0, 0.1) is 5.82 Å². The molecule has 7 heteroatoms. The molecule has 1 aromatic heterocycles. The van der Waals surface area contributed by atoms with Gasteiger partial charge in [0.25, 0.3) is 0 Å². The number of nitrogens with zero attached hydrogens (tertiary/aromatic N) is 1. The number of fused-ring (bicyclic) bond motifs is 1. The SMILES string of the molecule is O=S(=O)(c1nc2c(CCc3ccc(F)cc3)cccc2s1)C1CCNCC1. The number of aryl methyl sites for hydroxylation is 2. The molecule has 0 bridgehead atoms. The summed E-state index contributed by atoms with van der Waals surface area (Å²) in [5, 5.41) is 2.86. The fraction of sp³-hybridized carbons (Fsp3) is 0.350. The minimum Gasteiger partial charge on any atom is -0.317 e. The molecule has 1 aliphatic heterocycles. The summed E-state index contributed by atoms with van der Waals surface area (Å²) < 4.78 is 40.1. The molecule has 2 heterocycles. The van der Waals surface area contributed by atoms with Gasteiger partial charge < -0.3 is 5.32 Å². The lowest BCUT2D eigenvalue weighted by Crippen LogP contribution is -2.35. The van der Waals surface area contributed by atoms with E-state index in [0.29, 0.717) is 12.8 Å². The van der Waals surface area contributed by atoms with E-state index in [0.717, 1.165) is 47.3 Å². The maximum absolute atomic E-state index is 13.1. The van der Waals surface area contributed by atoms with Gasteiger partial charge in [-0.2, -0.15) is 0 Å². The van der Waals surface area contributed by atoms with Crippen molar-refractivity contribution in [2.75, 3.05) is 13.1 Å². The molecule has 1 aliphatic rings. The average molecular weight is 405 g/mol. The molecular weight excluding hydrogens is 383 g/mol. The number of halogens is 1. The first-order chi connectivity index (χ1) is 13.0. The molecule has 2 aromatic carbocycles. The van der Waals surface area contributed by atoms with Crippen LogP contribution in [0.3, 0.4) is 0 Å². The second kappa shape index (κ2) is 7.66. The number of hydrogen-bond donors (Lipinski definition) is 1. The molecule has 0 radical (unpaired) electrons. The normalized spacial score (nSPS) is 16.0. The first-order valence-corrected chi connectivity index (χ1v) is 11.5. The Hall–Kier alpha value is -1.83. The monoisotopic (exact) mass is 404 g/mol. The van der Waals surface area contributed by atoms with Crippen molar-refractivity contribution in [3.63, 3.8) is 0 Å². The average Bonchev–Trinajstić information content (AvgIpc) is 3.14. The Kier molecular flexibility index (Phi) is 5.25. The molecule has 0 atom stereocenters. The molecule has 142 valence electrons. The van der Waals surface area contributed by atoms with E-state index >= 15 is 0 Å². The van der Waals surface area contributed by atoms with E-state index in [1.54, 1.807) is 12.1 Å². The molecule has 27 heavy (non-hydrogen) atoms. The maximum atomic E-state index is 13.1. The van der Waals surface area contributed by atoms with Gasteiger partial charge in [0, 0.05) is 0 Å². The molecule has 0 spiro atoms. The second-order valence-corrected chi connectivity index (χ2v) is 10.3. The third-order valence-electron chi connectivity index (χ3n) is 5.05. The molecule has 4 nitrogen and oxygen atoms in total. The van der Waals surface area contributed by atoms with E-state index in [2.05, 4.69) is 10.3 Å². The van der Waals surface area contributed by atoms with Gasteiger partial charge in [-0.3, -0.25) is 0 Å². The van der Waals surface area contributed by atoms with Gasteiger partial charge in [-0.25, -0.2) is 17.8 Å². The van der Waals surface area contributed by atoms with Crippen LogP contribution in [0.4, 0.5) is 4.39 Å². The van der Waals surface area contributed by atoms with Crippen molar-refractivity contribution in [2.24, 2.45) is 0 Å². The predicted octanol–water partition coefficient (Wildman–Crippen LogP) is 3.75. The first-order valence-electron chi connectivity index (χ1n) is 9.11. The summed E-state index contributed by atoms with van der Waals surface area (Å²) in [7, 11) is -3.39. The highest BCUT2D eigenvalue weighted by Crippen LogP contribution is 2.32. The molecule has 1 N–H and O–H groups in total. The predicted molar refractivity (Wildman–Crippen MR) is 107 cm³/mol. The van der Waals surface area contributed by atoms with Crippen molar-refractivity contribution in [3.8, 4) is 0 Å². The van der Waals surface area contributed by atoms with Crippen molar-refractivity contribution in [1.29, 1.82) is 0 Å². The topological polar surface area (TPSA) is 59.1 Å². The fourth-order valence-corrected chi connectivity index (χ4v) is 6.73. The zero-order valence-corrected chi connectivity index (χ0v) is 16.5. The van der Waals surface area contributed by atoms with Crippen LogP contribution in [-0.2, 0) is 22.7 Å². The third-order valence-corrected chi connectivity index (χ3v) is 8.74. The van der Waals surface area contributed by atoms with Crippen LogP contribution in [-0.4, -0.2) is 31.7 Å². The summed E-state index contributed by atoms with van der Waals surface area (Å²) >= 11 is 1.27. The number of para-hydroxylation sites is 1. The molecule has 0 amide bonds. The Morgan fingerprint density at radius 3 is 2.56 bits per heavy atom. The van der Waals surface area contributed by atoms with Crippen molar-refractivity contribution in [3.05, 3.63) is 59.4 Å². The van der Waals surface area contributed by atoms with E-state index in [-0.39, 0.29) is 15.4 Å². The van der Waals surface area contributed by atoms with E-state index in [1.165, 1.54) is 23.5 Å². The molecule has 1 saturated heterocycles. The Balaban J connectivity index is 1.60. The van der Waals surface area contributed by atoms with Gasteiger partial charge in [0.1, 0.15) is 5.82 Å². The van der Waals surface area contributed by atoms with Crippen LogP contribution in [0.5, 0.6) is 0 Å². The van der Waals surface area contributed by atoms with Crippen LogP contribution in [0.25, 0.3) is 10.2 Å². The molecule has 1 fully saturated rings. The van der Waals surface area contributed by atoms with Crippen molar-refractivity contribution >= 4 is 31.4 Å². The van der Waals surface area contributed by atoms with Gasteiger partial charge in [0.2, 0.25) is 14.2 Å².